The van der Waals surface area contributed by atoms with Gasteiger partial charge in [-0.2, -0.15) is 0 Å². The number of hydrogen-bond donors (Lipinski definition) is 0. The molecule has 0 aliphatic heterocycles. The molecule has 0 aliphatic rings. The van der Waals surface area contributed by atoms with Crippen molar-refractivity contribution in [3.05, 3.63) is 40.8 Å². The van der Waals surface area contributed by atoms with E-state index in [0.717, 1.165) is 0 Å². The van der Waals surface area contributed by atoms with E-state index in [-0.39, 0.29) is 11.4 Å². The van der Waals surface area contributed by atoms with Gasteiger partial charge in [-0.15, -0.1) is 0 Å². The Morgan fingerprint density at radius 1 is 1.40 bits per heavy atom. The number of benzene rings is 1. The highest BCUT2D eigenvalue weighted by atomic mass is 127. The maximum Gasteiger partial charge on any atom is 0.190 e. The predicted molar refractivity (Wildman–Crippen MR) is 65.4 cm³/mol. The summed E-state index contributed by atoms with van der Waals surface area (Å²) >= 11 is 1.76. The van der Waals surface area contributed by atoms with Gasteiger partial charge in [-0.1, -0.05) is 45.9 Å². The van der Waals surface area contributed by atoms with Crippen molar-refractivity contribution in [3.63, 3.8) is 0 Å². The minimum Gasteiger partial charge on any atom is -0.223 e. The van der Waals surface area contributed by atoms with Crippen molar-refractivity contribution in [2.24, 2.45) is 5.11 Å². The van der Waals surface area contributed by atoms with Gasteiger partial charge < -0.3 is 0 Å². The van der Waals surface area contributed by atoms with E-state index in [2.05, 4.69) is 10.0 Å². The van der Waals surface area contributed by atoms with Gasteiger partial charge in [-0.3, -0.25) is 0 Å². The highest BCUT2D eigenvalue weighted by molar-refractivity contribution is 14.1. The lowest BCUT2D eigenvalue weighted by molar-refractivity contribution is 0.594. The van der Waals surface area contributed by atoms with E-state index < -0.39 is 13.1 Å². The minimum absolute atomic E-state index is 0.0612. The van der Waals surface area contributed by atoms with Crippen molar-refractivity contribution in [2.75, 3.05) is 6.54 Å². The third-order valence-electron chi connectivity index (χ3n) is 1.70. The number of alkyl halides is 1. The molecule has 0 fully saturated rings. The van der Waals surface area contributed by atoms with Crippen LogP contribution in [0.25, 0.3) is 10.4 Å². The Labute approximate surface area is 101 Å². The number of hydrogen-bond acceptors (Lipinski definition) is 3. The van der Waals surface area contributed by atoms with E-state index in [1.54, 1.807) is 40.8 Å². The molecule has 0 radical (unpaired) electrons. The van der Waals surface area contributed by atoms with Crippen LogP contribution in [0.15, 0.2) is 40.3 Å². The van der Waals surface area contributed by atoms with Gasteiger partial charge in [-0.05, 0) is 17.7 Å². The van der Waals surface area contributed by atoms with Crippen molar-refractivity contribution in [1.29, 1.82) is 0 Å². The van der Waals surface area contributed by atoms with Crippen LogP contribution in [-0.2, 0) is 9.84 Å². The number of azide groups is 1. The zero-order chi connectivity index (χ0) is 11.3. The van der Waals surface area contributed by atoms with Crippen molar-refractivity contribution >= 4 is 32.4 Å². The van der Waals surface area contributed by atoms with Gasteiger partial charge in [0.15, 0.2) is 9.84 Å². The molecule has 0 N–H and O–H groups in total. The Morgan fingerprint density at radius 2 is 2.00 bits per heavy atom. The molecular formula is C8H8IN3O2S. The second-order valence-corrected chi connectivity index (χ2v) is 7.16. The van der Waals surface area contributed by atoms with Gasteiger partial charge in [0.05, 0.1) is 11.4 Å². The average Bonchev–Trinajstić information content (AvgIpc) is 2.27. The van der Waals surface area contributed by atoms with Crippen LogP contribution in [-0.4, -0.2) is 18.2 Å². The first-order chi connectivity index (χ1) is 7.09. The first-order valence-electron chi connectivity index (χ1n) is 4.03. The summed E-state index contributed by atoms with van der Waals surface area (Å²) < 4.78 is 23.0. The van der Waals surface area contributed by atoms with Gasteiger partial charge in [0, 0.05) is 4.91 Å². The summed E-state index contributed by atoms with van der Waals surface area (Å²) in [5.41, 5.74) is 8.11. The maximum absolute atomic E-state index is 11.8. The van der Waals surface area contributed by atoms with Crippen LogP contribution in [0.5, 0.6) is 0 Å². The summed E-state index contributed by atoms with van der Waals surface area (Å²) in [5, 5.41) is 3.26. The fourth-order valence-corrected chi connectivity index (χ4v) is 3.11. The normalized spacial score (nSPS) is 12.9. The topological polar surface area (TPSA) is 82.9 Å². The molecule has 15 heavy (non-hydrogen) atoms. The van der Waals surface area contributed by atoms with Crippen LogP contribution in [0.1, 0.15) is 0 Å². The summed E-state index contributed by atoms with van der Waals surface area (Å²) in [4.78, 5) is 2.79. The molecule has 1 atom stereocenters. The Kier molecular flexibility index (Phi) is 4.37. The molecule has 5 nitrogen and oxygen atoms in total. The molecule has 0 spiro atoms. The molecule has 0 amide bonds. The van der Waals surface area contributed by atoms with Gasteiger partial charge in [0.25, 0.3) is 0 Å². The van der Waals surface area contributed by atoms with E-state index in [1.807, 2.05) is 0 Å². The van der Waals surface area contributed by atoms with Crippen LogP contribution < -0.4 is 0 Å². The van der Waals surface area contributed by atoms with Crippen LogP contribution >= 0.6 is 22.6 Å². The molecule has 1 aromatic rings. The van der Waals surface area contributed by atoms with Crippen molar-refractivity contribution in [2.45, 2.75) is 8.15 Å². The third-order valence-corrected chi connectivity index (χ3v) is 5.85. The first kappa shape index (κ1) is 12.3. The largest absolute Gasteiger partial charge is 0.223 e. The lowest BCUT2D eigenvalue weighted by Gasteiger charge is -2.08. The Balaban J connectivity index is 2.98. The lowest BCUT2D eigenvalue weighted by Crippen LogP contribution is -2.17. The zero-order valence-electron chi connectivity index (χ0n) is 7.62. The second kappa shape index (κ2) is 5.34. The highest BCUT2D eigenvalue weighted by Gasteiger charge is 2.23. The van der Waals surface area contributed by atoms with Gasteiger partial charge >= 0.3 is 0 Å². The van der Waals surface area contributed by atoms with Crippen molar-refractivity contribution in [1.82, 2.24) is 0 Å². The minimum atomic E-state index is -3.39. The number of sulfone groups is 1. The first-order valence-corrected chi connectivity index (χ1v) is 6.82. The highest BCUT2D eigenvalue weighted by Crippen LogP contribution is 2.20. The van der Waals surface area contributed by atoms with E-state index in [9.17, 15) is 8.42 Å². The molecule has 7 heteroatoms. The fourth-order valence-electron chi connectivity index (χ4n) is 0.957. The van der Waals surface area contributed by atoms with Crippen LogP contribution in [0.2, 0.25) is 0 Å². The fraction of sp³-hybridized carbons (Fsp3) is 0.250. The van der Waals surface area contributed by atoms with Crippen LogP contribution in [0, 0.1) is 0 Å². The smallest absolute Gasteiger partial charge is 0.190 e. The molecule has 0 aliphatic carbocycles. The van der Waals surface area contributed by atoms with Gasteiger partial charge in [0.1, 0.15) is 3.26 Å². The van der Waals surface area contributed by atoms with Gasteiger partial charge in [0.2, 0.25) is 0 Å². The number of halogens is 1. The van der Waals surface area contributed by atoms with Crippen molar-refractivity contribution in [3.8, 4) is 0 Å². The summed E-state index contributed by atoms with van der Waals surface area (Å²) in [6.07, 6.45) is 0. The number of rotatable bonds is 4. The quantitative estimate of drug-likeness (QED) is 0.278. The Hall–Kier alpha value is -0.790. The predicted octanol–water partition coefficient (Wildman–Crippen LogP) is 2.53. The van der Waals surface area contributed by atoms with Gasteiger partial charge in [-0.25, -0.2) is 8.42 Å². The molecule has 0 saturated heterocycles. The molecule has 1 unspecified atom stereocenters. The molecule has 1 aromatic carbocycles. The van der Waals surface area contributed by atoms with Crippen LogP contribution in [0.4, 0.5) is 0 Å². The number of nitrogens with zero attached hydrogens (tertiary/aromatic N) is 3. The van der Waals surface area contributed by atoms with Crippen LogP contribution in [0.3, 0.4) is 0 Å². The molecule has 80 valence electrons. The summed E-state index contributed by atoms with van der Waals surface area (Å²) in [6.45, 7) is -0.0612. The average molecular weight is 337 g/mol. The maximum atomic E-state index is 11.8. The molecule has 0 saturated carbocycles. The molecule has 0 aromatic heterocycles. The Bertz CT molecular complexity index is 468. The molecular weight excluding hydrogens is 329 g/mol. The second-order valence-electron chi connectivity index (χ2n) is 2.68. The van der Waals surface area contributed by atoms with E-state index >= 15 is 0 Å². The summed E-state index contributed by atoms with van der Waals surface area (Å²) in [6, 6.07) is 8.11. The van der Waals surface area contributed by atoms with Crippen molar-refractivity contribution < 1.29 is 8.42 Å². The SMILES string of the molecule is [N-]=[N+]=NCC(I)S(=O)(=O)c1ccccc1. The molecule has 1 rings (SSSR count). The lowest BCUT2D eigenvalue weighted by atomic mass is 10.4. The van der Waals surface area contributed by atoms with E-state index in [4.69, 9.17) is 5.53 Å². The van der Waals surface area contributed by atoms with E-state index in [0.29, 0.717) is 0 Å². The summed E-state index contributed by atoms with van der Waals surface area (Å²) in [5.74, 6) is 0. The standard InChI is InChI=1S/C8H8IN3O2S/c9-8(6-11-12-10)15(13,14)7-4-2-1-3-5-7/h1-5,8H,6H2. The zero-order valence-corrected chi connectivity index (χ0v) is 10.6. The summed E-state index contributed by atoms with van der Waals surface area (Å²) in [7, 11) is -3.39. The molecule has 0 bridgehead atoms. The monoisotopic (exact) mass is 337 g/mol. The third kappa shape index (κ3) is 3.08. The Morgan fingerprint density at radius 3 is 2.53 bits per heavy atom. The molecule has 0 heterocycles. The van der Waals surface area contributed by atoms with E-state index in [1.165, 1.54) is 12.1 Å².